The molecule has 0 aromatic heterocycles. The van der Waals surface area contributed by atoms with Gasteiger partial charge in [0, 0.05) is 18.4 Å². The summed E-state index contributed by atoms with van der Waals surface area (Å²) >= 11 is 5.87. The molecule has 1 aromatic carbocycles. The Morgan fingerprint density at radius 1 is 1.39 bits per heavy atom. The molecule has 0 N–H and O–H groups in total. The van der Waals surface area contributed by atoms with E-state index in [4.69, 9.17) is 16.3 Å². The number of hydrogen-bond acceptors (Lipinski definition) is 6. The number of hydrogen-bond donors (Lipinski definition) is 0. The van der Waals surface area contributed by atoms with E-state index < -0.39 is 27.8 Å². The molecule has 1 unspecified atom stereocenters. The summed E-state index contributed by atoms with van der Waals surface area (Å²) < 4.78 is 33.3. The zero-order valence-electron chi connectivity index (χ0n) is 12.6. The van der Waals surface area contributed by atoms with Crippen LogP contribution in [0.25, 0.3) is 0 Å². The fourth-order valence-corrected chi connectivity index (χ4v) is 3.51. The van der Waals surface area contributed by atoms with Gasteiger partial charge < -0.3 is 14.4 Å². The van der Waals surface area contributed by atoms with Crippen molar-refractivity contribution >= 4 is 33.3 Å². The van der Waals surface area contributed by atoms with Gasteiger partial charge in [0.25, 0.3) is 5.91 Å². The van der Waals surface area contributed by atoms with E-state index in [1.807, 2.05) is 0 Å². The topological polar surface area (TPSA) is 90.0 Å². The number of sulfone groups is 1. The van der Waals surface area contributed by atoms with E-state index in [9.17, 15) is 18.0 Å². The van der Waals surface area contributed by atoms with Gasteiger partial charge in [-0.25, -0.2) is 13.2 Å². The SMILES string of the molecule is COC(=O)C1CN(C(=O)c2ccc(Cl)c(S(C)(=O)=O)c2)CCO1. The average molecular weight is 362 g/mol. The van der Waals surface area contributed by atoms with Crippen molar-refractivity contribution in [2.45, 2.75) is 11.0 Å². The van der Waals surface area contributed by atoms with Crippen LogP contribution in [0.2, 0.25) is 5.02 Å². The van der Waals surface area contributed by atoms with Crippen LogP contribution in [0.4, 0.5) is 0 Å². The van der Waals surface area contributed by atoms with Crippen LogP contribution in [0.15, 0.2) is 23.1 Å². The molecule has 9 heteroatoms. The van der Waals surface area contributed by atoms with Crippen molar-refractivity contribution in [3.63, 3.8) is 0 Å². The molecule has 1 heterocycles. The Morgan fingerprint density at radius 2 is 2.09 bits per heavy atom. The van der Waals surface area contributed by atoms with Crippen molar-refractivity contribution < 1.29 is 27.5 Å². The van der Waals surface area contributed by atoms with E-state index >= 15 is 0 Å². The number of ether oxygens (including phenoxy) is 2. The van der Waals surface area contributed by atoms with Crippen LogP contribution in [-0.4, -0.2) is 64.4 Å². The molecule has 126 valence electrons. The highest BCUT2D eigenvalue weighted by Crippen LogP contribution is 2.23. The highest BCUT2D eigenvalue weighted by molar-refractivity contribution is 7.90. The Balaban J connectivity index is 2.25. The monoisotopic (exact) mass is 361 g/mol. The second-order valence-corrected chi connectivity index (χ2v) is 7.44. The molecule has 1 aliphatic heterocycles. The molecular formula is C14H16ClNO6S. The molecule has 23 heavy (non-hydrogen) atoms. The lowest BCUT2D eigenvalue weighted by Crippen LogP contribution is -2.48. The number of carbonyl (C=O) groups excluding carboxylic acids is 2. The first-order chi connectivity index (χ1) is 10.7. The summed E-state index contributed by atoms with van der Waals surface area (Å²) in [4.78, 5) is 25.4. The van der Waals surface area contributed by atoms with Gasteiger partial charge in [0.2, 0.25) is 0 Å². The van der Waals surface area contributed by atoms with Gasteiger partial charge in [0.05, 0.1) is 30.2 Å². The molecule has 1 aromatic rings. The summed E-state index contributed by atoms with van der Waals surface area (Å²) in [5, 5.41) is 0.0541. The van der Waals surface area contributed by atoms with Crippen molar-refractivity contribution in [1.82, 2.24) is 4.90 Å². The average Bonchev–Trinajstić information content (AvgIpc) is 2.53. The van der Waals surface area contributed by atoms with E-state index in [1.54, 1.807) is 0 Å². The summed E-state index contributed by atoms with van der Waals surface area (Å²) in [5.41, 5.74) is 0.181. The first kappa shape index (κ1) is 17.7. The second kappa shape index (κ2) is 6.86. The molecule has 0 saturated carbocycles. The van der Waals surface area contributed by atoms with Gasteiger partial charge in [-0.15, -0.1) is 0 Å². The molecule has 0 bridgehead atoms. The number of benzene rings is 1. The van der Waals surface area contributed by atoms with Gasteiger partial charge in [-0.3, -0.25) is 4.79 Å². The lowest BCUT2D eigenvalue weighted by molar-refractivity contribution is -0.158. The van der Waals surface area contributed by atoms with Crippen molar-refractivity contribution in [3.8, 4) is 0 Å². The quantitative estimate of drug-likeness (QED) is 0.738. The first-order valence-corrected chi connectivity index (χ1v) is 8.99. The van der Waals surface area contributed by atoms with E-state index in [0.29, 0.717) is 6.54 Å². The van der Waals surface area contributed by atoms with E-state index in [0.717, 1.165) is 6.26 Å². The second-order valence-electron chi connectivity index (χ2n) is 5.05. The number of carbonyl (C=O) groups is 2. The molecule has 1 aliphatic rings. The van der Waals surface area contributed by atoms with Crippen LogP contribution in [-0.2, 0) is 24.1 Å². The fraction of sp³-hybridized carbons (Fsp3) is 0.429. The number of amides is 1. The van der Waals surface area contributed by atoms with Crippen molar-refractivity contribution in [3.05, 3.63) is 28.8 Å². The lowest BCUT2D eigenvalue weighted by atomic mass is 10.1. The molecule has 7 nitrogen and oxygen atoms in total. The van der Waals surface area contributed by atoms with Crippen LogP contribution in [0.1, 0.15) is 10.4 Å². The number of halogens is 1. The van der Waals surface area contributed by atoms with Crippen LogP contribution < -0.4 is 0 Å². The van der Waals surface area contributed by atoms with Gasteiger partial charge >= 0.3 is 5.97 Å². The van der Waals surface area contributed by atoms with Gasteiger partial charge in [-0.1, -0.05) is 11.6 Å². The number of esters is 1. The minimum absolute atomic E-state index is 0.0440. The summed E-state index contributed by atoms with van der Waals surface area (Å²) in [6, 6.07) is 4.05. The third kappa shape index (κ3) is 4.01. The fourth-order valence-electron chi connectivity index (χ4n) is 2.21. The lowest BCUT2D eigenvalue weighted by Gasteiger charge is -2.31. The zero-order valence-corrected chi connectivity index (χ0v) is 14.2. The third-order valence-corrected chi connectivity index (χ3v) is 4.97. The largest absolute Gasteiger partial charge is 0.467 e. The number of rotatable bonds is 3. The van der Waals surface area contributed by atoms with Crippen LogP contribution in [0, 0.1) is 0 Å². The highest BCUT2D eigenvalue weighted by Gasteiger charge is 2.30. The van der Waals surface area contributed by atoms with Gasteiger partial charge in [-0.05, 0) is 18.2 Å². The molecule has 1 atom stereocenters. The zero-order chi connectivity index (χ0) is 17.2. The maximum atomic E-state index is 12.5. The molecule has 0 aliphatic carbocycles. The van der Waals surface area contributed by atoms with E-state index in [2.05, 4.69) is 4.74 Å². The van der Waals surface area contributed by atoms with Gasteiger partial charge in [0.15, 0.2) is 15.9 Å². The minimum atomic E-state index is -3.55. The third-order valence-electron chi connectivity index (χ3n) is 3.40. The smallest absolute Gasteiger partial charge is 0.336 e. The van der Waals surface area contributed by atoms with Crippen molar-refractivity contribution in [2.24, 2.45) is 0 Å². The Bertz CT molecular complexity index is 733. The maximum Gasteiger partial charge on any atom is 0.336 e. The molecule has 0 radical (unpaired) electrons. The summed E-state index contributed by atoms with van der Waals surface area (Å²) in [5.74, 6) is -0.959. The standard InChI is InChI=1S/C14H16ClNO6S/c1-21-14(18)11-8-16(5-6-22-11)13(17)9-3-4-10(15)12(7-9)23(2,19)20/h3-4,7,11H,5-6,8H2,1-2H3. The van der Waals surface area contributed by atoms with Crippen LogP contribution in [0.5, 0.6) is 0 Å². The summed E-state index contributed by atoms with van der Waals surface area (Å²) in [6.45, 7) is 0.531. The van der Waals surface area contributed by atoms with Gasteiger partial charge in [0.1, 0.15) is 0 Å². The minimum Gasteiger partial charge on any atom is -0.467 e. The van der Waals surface area contributed by atoms with Crippen LogP contribution >= 0.6 is 11.6 Å². The number of methoxy groups -OCH3 is 1. The van der Waals surface area contributed by atoms with Gasteiger partial charge in [-0.2, -0.15) is 0 Å². The molecule has 0 spiro atoms. The Kier molecular flexibility index (Phi) is 5.28. The van der Waals surface area contributed by atoms with Crippen LogP contribution in [0.3, 0.4) is 0 Å². The summed E-state index contributed by atoms with van der Waals surface area (Å²) in [7, 11) is -2.31. The maximum absolute atomic E-state index is 12.5. The Labute approximate surface area is 139 Å². The van der Waals surface area contributed by atoms with Crippen molar-refractivity contribution in [2.75, 3.05) is 33.1 Å². The Hall–Kier alpha value is -1.64. The molecule has 1 saturated heterocycles. The number of morpholine rings is 1. The normalized spacial score (nSPS) is 18.6. The van der Waals surface area contributed by atoms with E-state index in [-0.39, 0.29) is 28.6 Å². The molecule has 1 amide bonds. The molecule has 1 fully saturated rings. The molecule has 2 rings (SSSR count). The molecular weight excluding hydrogens is 346 g/mol. The summed E-state index contributed by atoms with van der Waals surface area (Å²) in [6.07, 6.45) is 0.171. The predicted molar refractivity (Wildman–Crippen MR) is 82.2 cm³/mol. The van der Waals surface area contributed by atoms with E-state index in [1.165, 1.54) is 30.2 Å². The first-order valence-electron chi connectivity index (χ1n) is 6.72. The predicted octanol–water partition coefficient (Wildman–Crippen LogP) is 0.757. The van der Waals surface area contributed by atoms with Crippen molar-refractivity contribution in [1.29, 1.82) is 0 Å². The number of nitrogens with zero attached hydrogens (tertiary/aromatic N) is 1. The Morgan fingerprint density at radius 3 is 2.70 bits per heavy atom. The highest BCUT2D eigenvalue weighted by atomic mass is 35.5.